The van der Waals surface area contributed by atoms with Crippen LogP contribution in [0.1, 0.15) is 96.5 Å². The van der Waals surface area contributed by atoms with Gasteiger partial charge in [0.25, 0.3) is 0 Å². The van der Waals surface area contributed by atoms with E-state index in [1.54, 1.807) is 17.9 Å². The van der Waals surface area contributed by atoms with Crippen molar-refractivity contribution >= 4 is 70.0 Å². The van der Waals surface area contributed by atoms with Gasteiger partial charge in [-0.2, -0.15) is 0 Å². The number of aliphatic hydroxyl groups excluding tert-OH is 2. The van der Waals surface area contributed by atoms with Crippen LogP contribution < -0.4 is 30.9 Å². The molecule has 0 unspecified atom stereocenters. The van der Waals surface area contributed by atoms with Gasteiger partial charge in [0.15, 0.2) is 5.82 Å². The third-order valence-corrected chi connectivity index (χ3v) is 18.4. The molecular weight excluding hydrogens is 1030 g/mol. The number of β-amino-alcohol motifs (C(OH)–C–C–N with tert-alkyl or cyclic N) is 1. The quantitative estimate of drug-likeness (QED) is 0.107. The zero-order valence-corrected chi connectivity index (χ0v) is 46.7. The standard InChI is InChI=1S/C54H72ClN11O8S2/c1-31-45(75-30-60-31)35-7-8-36(25-59-50(70)40-24-37(69)27-66(40)52(72)47(53(4,5)6)61-33(3)68)41(23-35)74-38-12-19-65(20-13-38)51(71)34-10-17-63(18-11-34)49-44(55)42(9-16-57-49)76-43-26-58-48(39(28-67)62-43)64-21-14-54(15-22-64)29-73-32(2)46(54)56/h7-9,16,23,26,30,32,34,37-38,40,46-47,67,69H,10-15,17-22,24-25,27-29,56H2,1-6H3,(H,59,70)(H,61,68)/t32-,37+,40-,46+,47+/m0/s1. The summed E-state index contributed by atoms with van der Waals surface area (Å²) in [7, 11) is 0. The summed E-state index contributed by atoms with van der Waals surface area (Å²) < 4.78 is 12.7. The molecular formula is C54H72ClN11O8S2. The molecule has 5 aliphatic rings. The Bertz CT molecular complexity index is 2760. The summed E-state index contributed by atoms with van der Waals surface area (Å²) in [4.78, 5) is 82.0. The van der Waals surface area contributed by atoms with E-state index in [9.17, 15) is 29.4 Å². The van der Waals surface area contributed by atoms with Gasteiger partial charge in [-0.3, -0.25) is 19.2 Å². The fraction of sp³-hybridized carbons (Fsp3) is 0.593. The maximum Gasteiger partial charge on any atom is 0.246 e. The number of aliphatic hydroxyl groups is 2. The number of aromatic nitrogens is 4. The third-order valence-electron chi connectivity index (χ3n) is 15.9. The number of nitrogens with two attached hydrogens (primary N) is 1. The van der Waals surface area contributed by atoms with Crippen molar-refractivity contribution in [3.63, 3.8) is 0 Å². The molecule has 5 atom stereocenters. The normalized spacial score (nSPS) is 22.8. The van der Waals surface area contributed by atoms with Gasteiger partial charge in [-0.15, -0.1) is 11.3 Å². The number of anilines is 2. The van der Waals surface area contributed by atoms with E-state index in [4.69, 9.17) is 36.8 Å². The minimum absolute atomic E-state index is 0.00437. The number of carbonyl (C=O) groups is 4. The van der Waals surface area contributed by atoms with Crippen molar-refractivity contribution in [2.75, 3.05) is 62.2 Å². The fourth-order valence-corrected chi connectivity index (χ4v) is 13.4. The molecule has 0 saturated carbocycles. The molecule has 4 amide bonds. The first-order chi connectivity index (χ1) is 36.3. The number of aryl methyl sites for hydroxylation is 1. The summed E-state index contributed by atoms with van der Waals surface area (Å²) in [5.41, 5.74) is 10.8. The molecule has 5 fully saturated rings. The van der Waals surface area contributed by atoms with Crippen molar-refractivity contribution < 1.29 is 38.9 Å². The van der Waals surface area contributed by atoms with Gasteiger partial charge in [-0.1, -0.05) is 56.3 Å². The molecule has 3 aromatic heterocycles. The molecule has 5 saturated heterocycles. The molecule has 22 heteroatoms. The van der Waals surface area contributed by atoms with Crippen LogP contribution in [-0.4, -0.2) is 152 Å². The van der Waals surface area contributed by atoms with Crippen molar-refractivity contribution in [2.45, 2.75) is 146 Å². The van der Waals surface area contributed by atoms with Gasteiger partial charge in [-0.25, -0.2) is 19.9 Å². The van der Waals surface area contributed by atoms with Crippen molar-refractivity contribution in [3.05, 3.63) is 64.1 Å². The maximum absolute atomic E-state index is 14.1. The highest BCUT2D eigenvalue weighted by Crippen LogP contribution is 2.43. The van der Waals surface area contributed by atoms with Crippen LogP contribution in [0.25, 0.3) is 10.4 Å². The third kappa shape index (κ3) is 12.1. The molecule has 4 aromatic rings. The van der Waals surface area contributed by atoms with Crippen LogP contribution in [-0.2, 0) is 37.1 Å². The fourth-order valence-electron chi connectivity index (χ4n) is 11.4. The van der Waals surface area contributed by atoms with Crippen molar-refractivity contribution in [3.8, 4) is 16.2 Å². The lowest BCUT2D eigenvalue weighted by Gasteiger charge is -2.41. The average Bonchev–Trinajstić information content (AvgIpc) is 4.13. The first-order valence-corrected chi connectivity index (χ1v) is 28.6. The molecule has 19 nitrogen and oxygen atoms in total. The van der Waals surface area contributed by atoms with E-state index in [2.05, 4.69) is 30.4 Å². The molecule has 1 spiro atoms. The zero-order chi connectivity index (χ0) is 54.1. The summed E-state index contributed by atoms with van der Waals surface area (Å²) in [6.45, 7) is 15.2. The monoisotopic (exact) mass is 1100 g/mol. The first-order valence-electron chi connectivity index (χ1n) is 26.5. The Labute approximate surface area is 458 Å². The lowest BCUT2D eigenvalue weighted by molar-refractivity contribution is -0.143. The summed E-state index contributed by atoms with van der Waals surface area (Å²) in [5, 5.41) is 27.9. The SMILES string of the molecule is CC(=O)N[C@H](C(=O)N1C[C@H](O)C[C@H]1C(=O)NCc1ccc(-c2scnc2C)cc1OC1CCN(C(=O)C2CCN(c3nccc(Sc4cnc(N5CCC6(CC5)CO[C@@H](C)[C@H]6N)c(CO)n4)c3Cl)CC2)CC1)C(C)(C)C. The molecule has 6 N–H and O–H groups in total. The van der Waals surface area contributed by atoms with Crippen LogP contribution in [0, 0.1) is 23.7 Å². The molecule has 9 rings (SSSR count). The van der Waals surface area contributed by atoms with Gasteiger partial charge in [0.2, 0.25) is 23.6 Å². The van der Waals surface area contributed by atoms with Crippen LogP contribution in [0.4, 0.5) is 11.6 Å². The van der Waals surface area contributed by atoms with Crippen molar-refractivity contribution in [1.29, 1.82) is 0 Å². The number of amides is 4. The number of benzene rings is 1. The van der Waals surface area contributed by atoms with Gasteiger partial charge < -0.3 is 55.7 Å². The Kier molecular flexibility index (Phi) is 17.1. The summed E-state index contributed by atoms with van der Waals surface area (Å²) in [5.74, 6) is 0.760. The van der Waals surface area contributed by atoms with Crippen LogP contribution in [0.3, 0.4) is 0 Å². The largest absolute Gasteiger partial charge is 0.490 e. The smallest absolute Gasteiger partial charge is 0.246 e. The number of thiazole rings is 1. The number of nitrogens with one attached hydrogen (secondary N) is 2. The predicted molar refractivity (Wildman–Crippen MR) is 291 cm³/mol. The number of rotatable bonds is 14. The first kappa shape index (κ1) is 55.6. The van der Waals surface area contributed by atoms with E-state index in [0.29, 0.717) is 91.6 Å². The topological polar surface area (TPSA) is 242 Å². The number of piperidine rings is 3. The highest BCUT2D eigenvalue weighted by molar-refractivity contribution is 7.99. The van der Waals surface area contributed by atoms with E-state index in [0.717, 1.165) is 52.5 Å². The Morgan fingerprint density at radius 2 is 1.74 bits per heavy atom. The number of ether oxygens (including phenoxy) is 2. The molecule has 410 valence electrons. The minimum Gasteiger partial charge on any atom is -0.490 e. The number of hydrogen-bond donors (Lipinski definition) is 5. The van der Waals surface area contributed by atoms with Gasteiger partial charge >= 0.3 is 0 Å². The average molecular weight is 1100 g/mol. The highest BCUT2D eigenvalue weighted by atomic mass is 35.5. The highest BCUT2D eigenvalue weighted by Gasteiger charge is 2.48. The van der Waals surface area contributed by atoms with E-state index < -0.39 is 35.4 Å². The van der Waals surface area contributed by atoms with E-state index in [1.165, 1.54) is 34.9 Å². The number of carbonyl (C=O) groups excluding carboxylic acids is 4. The molecule has 0 bridgehead atoms. The van der Waals surface area contributed by atoms with Crippen LogP contribution >= 0.6 is 34.7 Å². The molecule has 76 heavy (non-hydrogen) atoms. The molecule has 8 heterocycles. The second-order valence-electron chi connectivity index (χ2n) is 22.2. The van der Waals surface area contributed by atoms with Crippen LogP contribution in [0.2, 0.25) is 5.02 Å². The van der Waals surface area contributed by atoms with E-state index >= 15 is 0 Å². The second kappa shape index (κ2) is 23.4. The number of nitrogens with zero attached hydrogens (tertiary/aromatic N) is 8. The van der Waals surface area contributed by atoms with Crippen LogP contribution in [0.15, 0.2) is 52.1 Å². The predicted octanol–water partition coefficient (Wildman–Crippen LogP) is 5.35. The zero-order valence-electron chi connectivity index (χ0n) is 44.3. The molecule has 0 radical (unpaired) electrons. The van der Waals surface area contributed by atoms with Gasteiger partial charge in [0, 0.05) is 113 Å². The summed E-state index contributed by atoms with van der Waals surface area (Å²) in [6, 6.07) is 5.94. The Morgan fingerprint density at radius 1 is 1.01 bits per heavy atom. The van der Waals surface area contributed by atoms with Crippen molar-refractivity contribution in [2.24, 2.45) is 22.5 Å². The summed E-state index contributed by atoms with van der Waals surface area (Å²) in [6.07, 6.45) is 6.86. The van der Waals surface area contributed by atoms with E-state index in [1.807, 2.05) is 63.8 Å². The number of pyridine rings is 1. The number of halogens is 1. The second-order valence-corrected chi connectivity index (χ2v) is 24.5. The van der Waals surface area contributed by atoms with E-state index in [-0.39, 0.29) is 67.5 Å². The Balaban J connectivity index is 0.785. The van der Waals surface area contributed by atoms with Gasteiger partial charge in [0.05, 0.1) is 52.7 Å². The minimum atomic E-state index is -0.923. The number of hydrogen-bond acceptors (Lipinski definition) is 17. The molecule has 0 aliphatic carbocycles. The lowest BCUT2D eigenvalue weighted by Crippen LogP contribution is -2.57. The molecule has 1 aromatic carbocycles. The lowest BCUT2D eigenvalue weighted by atomic mass is 9.73. The maximum atomic E-state index is 14.1. The van der Waals surface area contributed by atoms with Crippen LogP contribution in [0.5, 0.6) is 5.75 Å². The molecule has 5 aliphatic heterocycles. The van der Waals surface area contributed by atoms with Gasteiger partial charge in [0.1, 0.15) is 40.5 Å². The van der Waals surface area contributed by atoms with Gasteiger partial charge in [-0.05, 0) is 62.6 Å². The summed E-state index contributed by atoms with van der Waals surface area (Å²) >= 11 is 9.98. The Morgan fingerprint density at radius 3 is 2.38 bits per heavy atom. The number of likely N-dealkylation sites (tertiary alicyclic amines) is 2. The van der Waals surface area contributed by atoms with Crippen molar-refractivity contribution in [1.82, 2.24) is 40.4 Å². The Hall–Kier alpha value is -5.16.